The molecule has 9 heteroatoms. The largest absolute Gasteiger partial charge is 0.497 e. The number of hydrogen-bond donors (Lipinski definition) is 1. The molecule has 4 rings (SSSR count). The molecule has 8 nitrogen and oxygen atoms in total. The van der Waals surface area contributed by atoms with Crippen molar-refractivity contribution in [1.29, 1.82) is 0 Å². The Balaban J connectivity index is 1.73. The highest BCUT2D eigenvalue weighted by Crippen LogP contribution is 2.29. The van der Waals surface area contributed by atoms with Crippen molar-refractivity contribution < 1.29 is 22.7 Å². The van der Waals surface area contributed by atoms with Crippen LogP contribution in [0.1, 0.15) is 55.7 Å². The molecule has 0 aliphatic heterocycles. The molecule has 3 aromatic carbocycles. The molecular weight excluding hydrogens is 550 g/mol. The fraction of sp³-hybridized carbons (Fsp3) is 0.394. The predicted molar refractivity (Wildman–Crippen MR) is 165 cm³/mol. The highest BCUT2D eigenvalue weighted by Gasteiger charge is 2.35. The molecule has 0 aromatic heterocycles. The van der Waals surface area contributed by atoms with Crippen LogP contribution in [0, 0.1) is 13.8 Å². The number of amides is 2. The van der Waals surface area contributed by atoms with Crippen LogP contribution in [0.5, 0.6) is 5.75 Å². The number of methoxy groups -OCH3 is 1. The van der Waals surface area contributed by atoms with E-state index in [0.717, 1.165) is 42.4 Å². The van der Waals surface area contributed by atoms with Crippen molar-refractivity contribution >= 4 is 27.5 Å². The van der Waals surface area contributed by atoms with E-state index in [1.54, 1.807) is 49.6 Å². The van der Waals surface area contributed by atoms with Gasteiger partial charge in [-0.25, -0.2) is 8.42 Å². The van der Waals surface area contributed by atoms with Gasteiger partial charge in [0.1, 0.15) is 18.3 Å². The molecule has 3 aromatic rings. The van der Waals surface area contributed by atoms with Crippen molar-refractivity contribution in [3.63, 3.8) is 0 Å². The van der Waals surface area contributed by atoms with Crippen molar-refractivity contribution in [1.82, 2.24) is 10.2 Å². The molecule has 0 spiro atoms. The van der Waals surface area contributed by atoms with Gasteiger partial charge in [-0.1, -0.05) is 62.2 Å². The lowest BCUT2D eigenvalue weighted by atomic mass is 10.1. The first-order valence-corrected chi connectivity index (χ1v) is 16.0. The van der Waals surface area contributed by atoms with Crippen LogP contribution in [-0.2, 0) is 26.2 Å². The molecule has 42 heavy (non-hydrogen) atoms. The number of carbonyl (C=O) groups is 2. The lowest BCUT2D eigenvalue weighted by molar-refractivity contribution is -0.140. The quantitative estimate of drug-likeness (QED) is 0.305. The van der Waals surface area contributed by atoms with E-state index in [9.17, 15) is 18.0 Å². The van der Waals surface area contributed by atoms with Crippen LogP contribution in [0.4, 0.5) is 5.69 Å². The van der Waals surface area contributed by atoms with Crippen LogP contribution in [-0.4, -0.2) is 50.9 Å². The summed E-state index contributed by atoms with van der Waals surface area (Å²) in [5, 5.41) is 3.14. The fourth-order valence-corrected chi connectivity index (χ4v) is 6.95. The molecule has 1 aliphatic carbocycles. The monoisotopic (exact) mass is 591 g/mol. The third-order valence-corrected chi connectivity index (χ3v) is 9.83. The minimum atomic E-state index is -4.11. The fourth-order valence-electron chi connectivity index (χ4n) is 5.45. The highest BCUT2D eigenvalue weighted by molar-refractivity contribution is 7.92. The minimum absolute atomic E-state index is 0.0893. The average Bonchev–Trinajstić information content (AvgIpc) is 3.51. The van der Waals surface area contributed by atoms with Crippen molar-refractivity contribution in [3.05, 3.63) is 89.5 Å². The summed E-state index contributed by atoms with van der Waals surface area (Å²) in [6, 6.07) is 20.2. The molecule has 1 fully saturated rings. The van der Waals surface area contributed by atoms with Crippen LogP contribution in [0.25, 0.3) is 0 Å². The Morgan fingerprint density at radius 3 is 2.24 bits per heavy atom. The van der Waals surface area contributed by atoms with E-state index in [-0.39, 0.29) is 23.4 Å². The van der Waals surface area contributed by atoms with Crippen LogP contribution in [0.2, 0.25) is 0 Å². The number of anilines is 1. The summed E-state index contributed by atoms with van der Waals surface area (Å²) in [5.74, 6) is 0.00723. The first-order valence-electron chi connectivity index (χ1n) is 14.5. The van der Waals surface area contributed by atoms with Gasteiger partial charge < -0.3 is 15.0 Å². The number of aryl methyl sites for hydroxylation is 1. The van der Waals surface area contributed by atoms with Gasteiger partial charge in [0.25, 0.3) is 10.0 Å². The molecule has 224 valence electrons. The highest BCUT2D eigenvalue weighted by atomic mass is 32.2. The Morgan fingerprint density at radius 1 is 0.952 bits per heavy atom. The van der Waals surface area contributed by atoms with Crippen LogP contribution < -0.4 is 14.4 Å². The Labute approximate surface area is 249 Å². The molecule has 1 N–H and O–H groups in total. The Hall–Kier alpha value is -3.85. The van der Waals surface area contributed by atoms with E-state index >= 15 is 0 Å². The van der Waals surface area contributed by atoms with Crippen molar-refractivity contribution in [2.45, 2.75) is 76.4 Å². The van der Waals surface area contributed by atoms with Gasteiger partial charge in [0.2, 0.25) is 11.8 Å². The molecule has 1 atom stereocenters. The van der Waals surface area contributed by atoms with Crippen LogP contribution in [0.3, 0.4) is 0 Å². The van der Waals surface area contributed by atoms with Crippen LogP contribution in [0.15, 0.2) is 77.7 Å². The van der Waals surface area contributed by atoms with Gasteiger partial charge in [-0.15, -0.1) is 0 Å². The normalized spacial score (nSPS) is 14.3. The number of ether oxygens (including phenoxy) is 1. The van der Waals surface area contributed by atoms with E-state index in [4.69, 9.17) is 4.74 Å². The summed E-state index contributed by atoms with van der Waals surface area (Å²) in [7, 11) is -2.52. The lowest BCUT2D eigenvalue weighted by Crippen LogP contribution is -2.53. The average molecular weight is 592 g/mol. The molecule has 1 aliphatic rings. The minimum Gasteiger partial charge on any atom is -0.497 e. The zero-order valence-electron chi connectivity index (χ0n) is 24.9. The van der Waals surface area contributed by atoms with Gasteiger partial charge in [-0.3, -0.25) is 13.9 Å². The molecule has 1 saturated carbocycles. The SMILES string of the molecule is CCC(C(=O)NC1CCCC1)N(Cc1ccc(OC)cc1)C(=O)CN(c1cccc(C)c1C)S(=O)(=O)c1ccccc1. The van der Waals surface area contributed by atoms with Crippen molar-refractivity contribution in [2.75, 3.05) is 18.0 Å². The summed E-state index contributed by atoms with van der Waals surface area (Å²) in [6.45, 7) is 5.32. The van der Waals surface area contributed by atoms with Gasteiger partial charge in [-0.2, -0.15) is 0 Å². The summed E-state index contributed by atoms with van der Waals surface area (Å²) in [4.78, 5) is 29.5. The standard InChI is InChI=1S/C33H41N3O5S/c1-5-30(33(38)34-27-13-9-10-14-27)35(22-26-18-20-28(41-4)21-19-26)32(37)23-36(31-17-11-12-24(2)25(31)3)42(39,40)29-15-7-6-8-16-29/h6-8,11-12,15-21,27,30H,5,9-10,13-14,22-23H2,1-4H3,(H,34,38). The third-order valence-electron chi connectivity index (χ3n) is 8.05. The first-order chi connectivity index (χ1) is 20.1. The summed E-state index contributed by atoms with van der Waals surface area (Å²) in [6.07, 6.45) is 4.36. The van der Waals surface area contributed by atoms with E-state index < -0.39 is 28.5 Å². The molecule has 0 radical (unpaired) electrons. The Bertz CT molecular complexity index is 1470. The molecule has 1 unspecified atom stereocenters. The zero-order chi connectivity index (χ0) is 30.3. The van der Waals surface area contributed by atoms with Gasteiger partial charge in [0.15, 0.2) is 0 Å². The number of hydrogen-bond acceptors (Lipinski definition) is 5. The maximum Gasteiger partial charge on any atom is 0.264 e. The van der Waals surface area contributed by atoms with Crippen molar-refractivity contribution in [2.24, 2.45) is 0 Å². The molecule has 0 heterocycles. The smallest absolute Gasteiger partial charge is 0.264 e. The van der Waals surface area contributed by atoms with Crippen LogP contribution >= 0.6 is 0 Å². The predicted octanol–water partition coefficient (Wildman–Crippen LogP) is 5.37. The summed E-state index contributed by atoms with van der Waals surface area (Å²) in [5.41, 5.74) is 2.91. The van der Waals surface area contributed by atoms with Gasteiger partial charge in [0.05, 0.1) is 17.7 Å². The van der Waals surface area contributed by atoms with E-state index in [2.05, 4.69) is 5.32 Å². The maximum atomic E-state index is 14.3. The molecular formula is C33H41N3O5S. The van der Waals surface area contributed by atoms with E-state index in [1.165, 1.54) is 21.3 Å². The second kappa shape index (κ2) is 13.9. The number of sulfonamides is 1. The second-order valence-electron chi connectivity index (χ2n) is 10.8. The summed E-state index contributed by atoms with van der Waals surface area (Å²) >= 11 is 0. The zero-order valence-corrected chi connectivity index (χ0v) is 25.7. The second-order valence-corrected chi connectivity index (χ2v) is 12.7. The van der Waals surface area contributed by atoms with Crippen molar-refractivity contribution in [3.8, 4) is 5.75 Å². The third kappa shape index (κ3) is 7.13. The topological polar surface area (TPSA) is 96.0 Å². The number of carbonyl (C=O) groups excluding carboxylic acids is 2. The number of nitrogens with one attached hydrogen (secondary N) is 1. The Morgan fingerprint density at radius 2 is 1.62 bits per heavy atom. The lowest BCUT2D eigenvalue weighted by Gasteiger charge is -2.34. The van der Waals surface area contributed by atoms with Gasteiger partial charge in [-0.05, 0) is 80.1 Å². The number of benzene rings is 3. The molecule has 0 bridgehead atoms. The van der Waals surface area contributed by atoms with E-state index in [1.807, 2.05) is 39.0 Å². The van der Waals surface area contributed by atoms with Gasteiger partial charge in [0, 0.05) is 12.6 Å². The maximum absolute atomic E-state index is 14.3. The first kappa shape index (κ1) is 31.1. The summed E-state index contributed by atoms with van der Waals surface area (Å²) < 4.78 is 34.6. The molecule has 0 saturated heterocycles. The van der Waals surface area contributed by atoms with E-state index in [0.29, 0.717) is 17.9 Å². The number of rotatable bonds is 12. The Kier molecular flexibility index (Phi) is 10.3. The van der Waals surface area contributed by atoms with Gasteiger partial charge >= 0.3 is 0 Å². The number of nitrogens with zero attached hydrogens (tertiary/aromatic N) is 2. The molecule has 2 amide bonds.